The minimum absolute atomic E-state index is 0.0134. The molecule has 0 bridgehead atoms. The third-order valence-electron chi connectivity index (χ3n) is 4.25. The van der Waals surface area contributed by atoms with Crippen LogP contribution < -0.4 is 0 Å². The fourth-order valence-electron chi connectivity index (χ4n) is 3.29. The predicted molar refractivity (Wildman–Crippen MR) is 67.6 cm³/mol. The van der Waals surface area contributed by atoms with Crippen LogP contribution in [0, 0.1) is 17.8 Å². The molecule has 3 rings (SSSR count). The van der Waals surface area contributed by atoms with Gasteiger partial charge in [-0.1, -0.05) is 30.3 Å². The molecule has 2 aliphatic rings. The molecule has 1 N–H and O–H groups in total. The Morgan fingerprint density at radius 3 is 2.70 bits per heavy atom. The number of hydrogen-bond acceptors (Lipinski definition) is 5. The van der Waals surface area contributed by atoms with E-state index in [1.54, 1.807) is 30.3 Å². The molecule has 1 saturated heterocycles. The Morgan fingerprint density at radius 2 is 2.05 bits per heavy atom. The lowest BCUT2D eigenvalue weighted by molar-refractivity contribution is -0.196. The highest BCUT2D eigenvalue weighted by Crippen LogP contribution is 2.50. The molecule has 1 saturated carbocycles. The molecule has 5 nitrogen and oxygen atoms in total. The van der Waals surface area contributed by atoms with E-state index in [1.165, 1.54) is 0 Å². The fourth-order valence-corrected chi connectivity index (χ4v) is 3.29. The van der Waals surface area contributed by atoms with E-state index in [1.807, 2.05) is 0 Å². The highest BCUT2D eigenvalue weighted by molar-refractivity contribution is 5.99. The molecule has 2 fully saturated rings. The minimum atomic E-state index is -1.67. The van der Waals surface area contributed by atoms with Crippen LogP contribution in [0.2, 0.25) is 0 Å². The average molecular weight is 274 g/mol. The zero-order valence-corrected chi connectivity index (χ0v) is 10.7. The van der Waals surface area contributed by atoms with Crippen molar-refractivity contribution in [3.8, 4) is 0 Å². The van der Waals surface area contributed by atoms with Crippen LogP contribution in [0.4, 0.5) is 0 Å². The summed E-state index contributed by atoms with van der Waals surface area (Å²) in [4.78, 5) is 35.1. The molecule has 0 unspecified atom stereocenters. The summed E-state index contributed by atoms with van der Waals surface area (Å²) in [5.74, 6) is -4.32. The molecule has 0 aromatic heterocycles. The monoisotopic (exact) mass is 274 g/mol. The topological polar surface area (TPSA) is 80.7 Å². The first kappa shape index (κ1) is 13.0. The molecule has 1 aromatic carbocycles. The SMILES string of the molecule is O=C[C@H]1[C@H]2CC(=O)O[C@@]2(O)C[C@H]1C(=O)c1ccccc1. The largest absolute Gasteiger partial charge is 0.433 e. The molecule has 1 aromatic rings. The number of aliphatic hydroxyl groups is 1. The first-order valence-corrected chi connectivity index (χ1v) is 6.54. The van der Waals surface area contributed by atoms with Crippen LogP contribution in [-0.2, 0) is 14.3 Å². The number of hydrogen-bond donors (Lipinski definition) is 1. The quantitative estimate of drug-likeness (QED) is 0.504. The van der Waals surface area contributed by atoms with Crippen molar-refractivity contribution < 1.29 is 24.2 Å². The molecular weight excluding hydrogens is 260 g/mol. The summed E-state index contributed by atoms with van der Waals surface area (Å²) in [6, 6.07) is 8.64. The Morgan fingerprint density at radius 1 is 1.35 bits per heavy atom. The van der Waals surface area contributed by atoms with E-state index in [4.69, 9.17) is 4.74 Å². The first-order valence-electron chi connectivity index (χ1n) is 6.54. The molecule has 5 heteroatoms. The van der Waals surface area contributed by atoms with E-state index in [2.05, 4.69) is 0 Å². The van der Waals surface area contributed by atoms with Gasteiger partial charge in [-0.15, -0.1) is 0 Å². The number of benzene rings is 1. The number of esters is 1. The Kier molecular flexibility index (Phi) is 2.94. The van der Waals surface area contributed by atoms with Crippen molar-refractivity contribution in [3.63, 3.8) is 0 Å². The standard InChI is InChI=1S/C15H14O5/c16-8-11-10(14(18)9-4-2-1-3-5-9)7-15(19)12(11)6-13(17)20-15/h1-5,8,10-12,19H,6-7H2/t10-,11-,12-,15+/m1/s1. The van der Waals surface area contributed by atoms with Crippen LogP contribution in [0.5, 0.6) is 0 Å². The summed E-state index contributed by atoms with van der Waals surface area (Å²) in [7, 11) is 0. The maximum atomic E-state index is 12.5. The van der Waals surface area contributed by atoms with Gasteiger partial charge >= 0.3 is 5.97 Å². The molecule has 1 aliphatic carbocycles. The van der Waals surface area contributed by atoms with Crippen LogP contribution >= 0.6 is 0 Å². The van der Waals surface area contributed by atoms with E-state index in [-0.39, 0.29) is 18.6 Å². The summed E-state index contributed by atoms with van der Waals surface area (Å²) >= 11 is 0. The van der Waals surface area contributed by atoms with Crippen molar-refractivity contribution in [1.29, 1.82) is 0 Å². The number of rotatable bonds is 3. The number of Topliss-reactive ketones (excluding diaryl/α,β-unsaturated/α-hetero) is 1. The molecule has 20 heavy (non-hydrogen) atoms. The maximum Gasteiger partial charge on any atom is 0.308 e. The van der Waals surface area contributed by atoms with Gasteiger partial charge in [0.2, 0.25) is 5.79 Å². The van der Waals surface area contributed by atoms with Gasteiger partial charge in [0, 0.05) is 29.7 Å². The van der Waals surface area contributed by atoms with Gasteiger partial charge in [0.25, 0.3) is 0 Å². The number of carbonyl (C=O) groups is 3. The Hall–Kier alpha value is -2.01. The molecule has 104 valence electrons. The van der Waals surface area contributed by atoms with Crippen molar-refractivity contribution in [3.05, 3.63) is 35.9 Å². The lowest BCUT2D eigenvalue weighted by Gasteiger charge is -2.20. The zero-order valence-electron chi connectivity index (χ0n) is 10.7. The van der Waals surface area contributed by atoms with Crippen LogP contribution in [0.15, 0.2) is 30.3 Å². The van der Waals surface area contributed by atoms with Crippen molar-refractivity contribution >= 4 is 18.0 Å². The second kappa shape index (κ2) is 4.52. The predicted octanol–water partition coefficient (Wildman–Crippen LogP) is 0.956. The molecular formula is C15H14O5. The molecule has 4 atom stereocenters. The fraction of sp³-hybridized carbons (Fsp3) is 0.400. The van der Waals surface area contributed by atoms with Crippen LogP contribution in [0.3, 0.4) is 0 Å². The van der Waals surface area contributed by atoms with Crippen LogP contribution in [-0.4, -0.2) is 28.9 Å². The van der Waals surface area contributed by atoms with Gasteiger partial charge in [-0.25, -0.2) is 0 Å². The van der Waals surface area contributed by atoms with E-state index in [0.29, 0.717) is 11.8 Å². The normalized spacial score (nSPS) is 35.5. The van der Waals surface area contributed by atoms with E-state index < -0.39 is 29.5 Å². The van der Waals surface area contributed by atoms with Crippen molar-refractivity contribution in [1.82, 2.24) is 0 Å². The minimum Gasteiger partial charge on any atom is -0.433 e. The summed E-state index contributed by atoms with van der Waals surface area (Å²) in [6.45, 7) is 0. The average Bonchev–Trinajstić information content (AvgIpc) is 2.87. The van der Waals surface area contributed by atoms with Gasteiger partial charge in [0.1, 0.15) is 6.29 Å². The van der Waals surface area contributed by atoms with Crippen LogP contribution in [0.1, 0.15) is 23.2 Å². The molecule has 1 aliphatic heterocycles. The summed E-state index contributed by atoms with van der Waals surface area (Å²) < 4.78 is 4.93. The molecule has 0 radical (unpaired) electrons. The highest BCUT2D eigenvalue weighted by Gasteiger charge is 2.61. The van der Waals surface area contributed by atoms with Gasteiger partial charge in [-0.05, 0) is 0 Å². The summed E-state index contributed by atoms with van der Waals surface area (Å²) in [6.07, 6.45) is 0.634. The van der Waals surface area contributed by atoms with E-state index in [9.17, 15) is 19.5 Å². The summed E-state index contributed by atoms with van der Waals surface area (Å²) in [5.41, 5.74) is 0.499. The second-order valence-electron chi connectivity index (χ2n) is 5.38. The first-order chi connectivity index (χ1) is 9.55. The van der Waals surface area contributed by atoms with Crippen LogP contribution in [0.25, 0.3) is 0 Å². The number of ketones is 1. The van der Waals surface area contributed by atoms with Crippen molar-refractivity contribution in [2.75, 3.05) is 0 Å². The smallest absolute Gasteiger partial charge is 0.308 e. The van der Waals surface area contributed by atoms with Gasteiger partial charge in [-0.2, -0.15) is 0 Å². The summed E-state index contributed by atoms with van der Waals surface area (Å²) in [5, 5.41) is 10.3. The Bertz CT molecular complexity index is 567. The highest BCUT2D eigenvalue weighted by atomic mass is 16.7. The number of fused-ring (bicyclic) bond motifs is 1. The maximum absolute atomic E-state index is 12.5. The third kappa shape index (κ3) is 1.86. The van der Waals surface area contributed by atoms with Gasteiger partial charge in [-0.3, -0.25) is 9.59 Å². The van der Waals surface area contributed by atoms with Gasteiger partial charge in [0.15, 0.2) is 5.78 Å². The van der Waals surface area contributed by atoms with Crippen molar-refractivity contribution in [2.45, 2.75) is 18.6 Å². The Labute approximate surface area is 115 Å². The lowest BCUT2D eigenvalue weighted by Crippen LogP contribution is -2.32. The molecule has 1 heterocycles. The second-order valence-corrected chi connectivity index (χ2v) is 5.38. The van der Waals surface area contributed by atoms with Gasteiger partial charge < -0.3 is 14.6 Å². The Balaban J connectivity index is 1.90. The number of carbonyl (C=O) groups excluding carboxylic acids is 3. The lowest BCUT2D eigenvalue weighted by atomic mass is 9.84. The zero-order chi connectivity index (χ0) is 14.3. The molecule has 0 amide bonds. The number of aldehydes is 1. The van der Waals surface area contributed by atoms with Crippen molar-refractivity contribution in [2.24, 2.45) is 17.8 Å². The van der Waals surface area contributed by atoms with E-state index >= 15 is 0 Å². The van der Waals surface area contributed by atoms with Gasteiger partial charge in [0.05, 0.1) is 6.42 Å². The third-order valence-corrected chi connectivity index (χ3v) is 4.25. The number of ether oxygens (including phenoxy) is 1. The van der Waals surface area contributed by atoms with E-state index in [0.717, 1.165) is 0 Å². The molecule has 0 spiro atoms.